The van der Waals surface area contributed by atoms with Crippen LogP contribution in [0.5, 0.6) is 0 Å². The number of nitrogens with zero attached hydrogens (tertiary/aromatic N) is 1. The fourth-order valence-electron chi connectivity index (χ4n) is 1.83. The number of hydrogen-bond acceptors (Lipinski definition) is 4. The molecule has 0 saturated carbocycles. The summed E-state index contributed by atoms with van der Waals surface area (Å²) in [5.41, 5.74) is 8.22. The highest BCUT2D eigenvalue weighted by Gasteiger charge is 2.19. The maximum absolute atomic E-state index is 11.9. The average molecular weight is 255 g/mol. The molecule has 5 heteroatoms. The summed E-state index contributed by atoms with van der Waals surface area (Å²) in [7, 11) is 0. The first-order valence-electron chi connectivity index (χ1n) is 5.82. The molecule has 0 saturated heterocycles. The van der Waals surface area contributed by atoms with E-state index in [4.69, 9.17) is 15.7 Å². The van der Waals surface area contributed by atoms with E-state index >= 15 is 0 Å². The van der Waals surface area contributed by atoms with E-state index in [0.717, 1.165) is 5.56 Å². The van der Waals surface area contributed by atoms with E-state index < -0.39 is 5.97 Å². The number of benzene rings is 1. The Labute approximate surface area is 110 Å². The Hall–Kier alpha value is -2.74. The first-order chi connectivity index (χ1) is 9.17. The summed E-state index contributed by atoms with van der Waals surface area (Å²) in [5.74, 6) is -0.452. The summed E-state index contributed by atoms with van der Waals surface area (Å²) >= 11 is 0. The van der Waals surface area contributed by atoms with E-state index in [9.17, 15) is 4.79 Å². The molecule has 2 aromatic rings. The normalized spacial score (nSPS) is 9.89. The number of nitriles is 1. The van der Waals surface area contributed by atoms with Crippen LogP contribution in [0.1, 0.15) is 23.0 Å². The lowest BCUT2D eigenvalue weighted by Crippen LogP contribution is -2.05. The van der Waals surface area contributed by atoms with Crippen molar-refractivity contribution >= 4 is 11.7 Å². The first kappa shape index (κ1) is 12.7. The maximum atomic E-state index is 11.9. The number of carbonyl (C=O) groups is 1. The second-order valence-corrected chi connectivity index (χ2v) is 3.91. The molecule has 1 aromatic carbocycles. The Balaban J connectivity index is 2.54. The van der Waals surface area contributed by atoms with E-state index in [-0.39, 0.29) is 6.61 Å². The lowest BCUT2D eigenvalue weighted by atomic mass is 10.0. The minimum Gasteiger partial charge on any atom is -0.462 e. The van der Waals surface area contributed by atoms with Gasteiger partial charge in [0.15, 0.2) is 0 Å². The fourth-order valence-corrected chi connectivity index (χ4v) is 1.83. The van der Waals surface area contributed by atoms with Crippen LogP contribution in [0, 0.1) is 11.3 Å². The molecule has 0 aliphatic carbocycles. The summed E-state index contributed by atoms with van der Waals surface area (Å²) in [6.07, 6.45) is 1.49. The highest BCUT2D eigenvalue weighted by atomic mass is 16.5. The zero-order valence-corrected chi connectivity index (χ0v) is 10.4. The van der Waals surface area contributed by atoms with Crippen molar-refractivity contribution in [3.8, 4) is 17.2 Å². The van der Waals surface area contributed by atoms with Gasteiger partial charge in [-0.25, -0.2) is 4.79 Å². The predicted octanol–water partition coefficient (Wildman–Crippen LogP) is 2.31. The fraction of sp³-hybridized carbons (Fsp3) is 0.143. The molecular formula is C14H13N3O2. The van der Waals surface area contributed by atoms with Gasteiger partial charge in [-0.1, -0.05) is 12.1 Å². The van der Waals surface area contributed by atoms with Crippen molar-refractivity contribution in [1.29, 1.82) is 5.26 Å². The third-order valence-electron chi connectivity index (χ3n) is 2.69. The largest absolute Gasteiger partial charge is 0.462 e. The molecule has 0 amide bonds. The molecule has 0 unspecified atom stereocenters. The monoisotopic (exact) mass is 255 g/mol. The third-order valence-corrected chi connectivity index (χ3v) is 2.69. The molecular weight excluding hydrogens is 242 g/mol. The van der Waals surface area contributed by atoms with Gasteiger partial charge >= 0.3 is 5.97 Å². The van der Waals surface area contributed by atoms with E-state index in [1.54, 1.807) is 31.2 Å². The molecule has 0 radical (unpaired) electrons. The van der Waals surface area contributed by atoms with Gasteiger partial charge in [0.2, 0.25) is 0 Å². The maximum Gasteiger partial charge on any atom is 0.340 e. The van der Waals surface area contributed by atoms with Crippen LogP contribution in [-0.4, -0.2) is 17.6 Å². The van der Waals surface area contributed by atoms with Crippen LogP contribution in [0.2, 0.25) is 0 Å². The zero-order chi connectivity index (χ0) is 13.8. The average Bonchev–Trinajstić information content (AvgIpc) is 2.83. The van der Waals surface area contributed by atoms with Crippen LogP contribution in [0.25, 0.3) is 11.1 Å². The van der Waals surface area contributed by atoms with Gasteiger partial charge in [0.25, 0.3) is 0 Å². The number of anilines is 1. The van der Waals surface area contributed by atoms with Crippen LogP contribution in [-0.2, 0) is 4.74 Å². The van der Waals surface area contributed by atoms with E-state index in [1.165, 1.54) is 6.20 Å². The molecule has 0 aliphatic heterocycles. The summed E-state index contributed by atoms with van der Waals surface area (Å²) in [5, 5.41) is 9.10. The summed E-state index contributed by atoms with van der Waals surface area (Å²) in [6.45, 7) is 2.02. The Morgan fingerprint density at radius 1 is 1.42 bits per heavy atom. The van der Waals surface area contributed by atoms with E-state index in [2.05, 4.69) is 4.98 Å². The lowest BCUT2D eigenvalue weighted by molar-refractivity contribution is 0.0527. The second-order valence-electron chi connectivity index (χ2n) is 3.91. The Kier molecular flexibility index (Phi) is 3.53. The van der Waals surface area contributed by atoms with Crippen molar-refractivity contribution in [3.63, 3.8) is 0 Å². The van der Waals surface area contributed by atoms with Crippen LogP contribution < -0.4 is 5.73 Å². The van der Waals surface area contributed by atoms with E-state index in [1.807, 2.05) is 6.07 Å². The molecule has 0 bridgehead atoms. The highest BCUT2D eigenvalue weighted by Crippen LogP contribution is 2.28. The van der Waals surface area contributed by atoms with Gasteiger partial charge in [-0.2, -0.15) is 5.26 Å². The number of hydrogen-bond donors (Lipinski definition) is 2. The molecule has 96 valence electrons. The Morgan fingerprint density at radius 2 is 2.11 bits per heavy atom. The van der Waals surface area contributed by atoms with Gasteiger partial charge < -0.3 is 15.5 Å². The van der Waals surface area contributed by atoms with Crippen molar-refractivity contribution in [2.24, 2.45) is 0 Å². The molecule has 0 spiro atoms. The molecule has 1 aromatic heterocycles. The highest BCUT2D eigenvalue weighted by molar-refractivity contribution is 5.98. The molecule has 0 fully saturated rings. The number of nitrogens with one attached hydrogen (secondary N) is 1. The molecule has 0 atom stereocenters. The molecule has 19 heavy (non-hydrogen) atoms. The van der Waals surface area contributed by atoms with Crippen molar-refractivity contribution in [1.82, 2.24) is 4.98 Å². The van der Waals surface area contributed by atoms with Gasteiger partial charge in [0.05, 0.1) is 12.2 Å². The van der Waals surface area contributed by atoms with Crippen molar-refractivity contribution in [2.45, 2.75) is 6.92 Å². The van der Waals surface area contributed by atoms with Crippen LogP contribution in [0.3, 0.4) is 0 Å². The SMILES string of the molecule is CCOC(=O)c1c[nH]c(C#N)c1-c1ccc(N)cc1. The molecule has 5 nitrogen and oxygen atoms in total. The number of aromatic nitrogens is 1. The van der Waals surface area contributed by atoms with Gasteiger partial charge in [-0.3, -0.25) is 0 Å². The zero-order valence-electron chi connectivity index (χ0n) is 10.4. The second kappa shape index (κ2) is 5.27. The minimum atomic E-state index is -0.452. The van der Waals surface area contributed by atoms with Crippen molar-refractivity contribution in [2.75, 3.05) is 12.3 Å². The predicted molar refractivity (Wildman–Crippen MR) is 71.3 cm³/mol. The van der Waals surface area contributed by atoms with E-state index in [0.29, 0.717) is 22.5 Å². The number of esters is 1. The Morgan fingerprint density at radius 3 is 2.68 bits per heavy atom. The van der Waals surface area contributed by atoms with Crippen LogP contribution >= 0.6 is 0 Å². The smallest absolute Gasteiger partial charge is 0.340 e. The summed E-state index contributed by atoms with van der Waals surface area (Å²) < 4.78 is 4.98. The number of ether oxygens (including phenoxy) is 1. The van der Waals surface area contributed by atoms with Crippen LogP contribution in [0.15, 0.2) is 30.5 Å². The van der Waals surface area contributed by atoms with Gasteiger partial charge in [0, 0.05) is 17.4 Å². The van der Waals surface area contributed by atoms with Crippen LogP contribution in [0.4, 0.5) is 5.69 Å². The van der Waals surface area contributed by atoms with Crippen molar-refractivity contribution < 1.29 is 9.53 Å². The number of rotatable bonds is 3. The molecule has 2 rings (SSSR count). The first-order valence-corrected chi connectivity index (χ1v) is 5.82. The molecule has 1 heterocycles. The standard InChI is InChI=1S/C14H13N3O2/c1-2-19-14(18)11-8-17-12(7-15)13(11)9-3-5-10(16)6-4-9/h3-6,8,17H,2,16H2,1H3. The number of carbonyl (C=O) groups excluding carboxylic acids is 1. The number of aromatic amines is 1. The van der Waals surface area contributed by atoms with Gasteiger partial charge in [0.1, 0.15) is 11.8 Å². The quantitative estimate of drug-likeness (QED) is 0.650. The minimum absolute atomic E-state index is 0.285. The lowest BCUT2D eigenvalue weighted by Gasteiger charge is -2.05. The summed E-state index contributed by atoms with van der Waals surface area (Å²) in [6, 6.07) is 9.00. The van der Waals surface area contributed by atoms with Gasteiger partial charge in [-0.15, -0.1) is 0 Å². The number of H-pyrrole nitrogens is 1. The topological polar surface area (TPSA) is 91.9 Å². The summed E-state index contributed by atoms with van der Waals surface area (Å²) in [4.78, 5) is 14.6. The van der Waals surface area contributed by atoms with Gasteiger partial charge in [-0.05, 0) is 24.6 Å². The number of nitrogens with two attached hydrogens (primary N) is 1. The van der Waals surface area contributed by atoms with Crippen molar-refractivity contribution in [3.05, 3.63) is 41.7 Å². The third kappa shape index (κ3) is 2.43. The molecule has 0 aliphatic rings. The molecule has 3 N–H and O–H groups in total. The number of nitrogen functional groups attached to an aromatic ring is 1. The Bertz CT molecular complexity index is 636.